The highest BCUT2D eigenvalue weighted by atomic mass is 16.4. The molecule has 1 aliphatic carbocycles. The van der Waals surface area contributed by atoms with E-state index in [9.17, 15) is 14.7 Å². The van der Waals surface area contributed by atoms with Gasteiger partial charge in [-0.05, 0) is 25.2 Å². The Kier molecular flexibility index (Phi) is 7.72. The molecule has 1 saturated carbocycles. The molecule has 0 aromatic heterocycles. The molecule has 1 fully saturated rings. The fourth-order valence-electron chi connectivity index (χ4n) is 3.34. The Labute approximate surface area is 127 Å². The van der Waals surface area contributed by atoms with Gasteiger partial charge in [-0.1, -0.05) is 46.0 Å². The molecule has 1 amide bonds. The molecule has 0 saturated heterocycles. The van der Waals surface area contributed by atoms with Crippen LogP contribution in [-0.2, 0) is 4.79 Å². The molecule has 122 valence electrons. The lowest BCUT2D eigenvalue weighted by molar-refractivity contribution is -0.133. The van der Waals surface area contributed by atoms with Crippen LogP contribution in [0.2, 0.25) is 0 Å². The Morgan fingerprint density at radius 3 is 2.19 bits per heavy atom. The molecule has 0 unspecified atom stereocenters. The van der Waals surface area contributed by atoms with E-state index in [1.165, 1.54) is 6.42 Å². The third-order valence-corrected chi connectivity index (χ3v) is 4.68. The molecule has 2 atom stereocenters. The summed E-state index contributed by atoms with van der Waals surface area (Å²) >= 11 is 0. The van der Waals surface area contributed by atoms with Gasteiger partial charge in [0.2, 0.25) is 0 Å². The van der Waals surface area contributed by atoms with E-state index >= 15 is 0 Å². The van der Waals surface area contributed by atoms with Crippen LogP contribution in [0.1, 0.15) is 65.2 Å². The second kappa shape index (κ2) is 9.03. The van der Waals surface area contributed by atoms with Gasteiger partial charge in [0, 0.05) is 5.92 Å². The van der Waals surface area contributed by atoms with Gasteiger partial charge in [0.25, 0.3) is 0 Å². The molecule has 5 heteroatoms. The van der Waals surface area contributed by atoms with Crippen molar-refractivity contribution in [3.05, 3.63) is 0 Å². The summed E-state index contributed by atoms with van der Waals surface area (Å²) in [5.74, 6) is -0.0150. The van der Waals surface area contributed by atoms with Crippen molar-refractivity contribution in [1.29, 1.82) is 0 Å². The van der Waals surface area contributed by atoms with Gasteiger partial charge in [-0.15, -0.1) is 0 Å². The minimum atomic E-state index is -1.23. The van der Waals surface area contributed by atoms with Gasteiger partial charge in [-0.2, -0.15) is 0 Å². The first-order valence-corrected chi connectivity index (χ1v) is 8.20. The molecule has 5 nitrogen and oxygen atoms in total. The van der Waals surface area contributed by atoms with Crippen LogP contribution in [0, 0.1) is 11.8 Å². The molecule has 0 aliphatic heterocycles. The van der Waals surface area contributed by atoms with Crippen LogP contribution in [0.5, 0.6) is 0 Å². The summed E-state index contributed by atoms with van der Waals surface area (Å²) in [6.07, 6.45) is 5.16. The van der Waals surface area contributed by atoms with Gasteiger partial charge in [0.15, 0.2) is 5.78 Å². The summed E-state index contributed by atoms with van der Waals surface area (Å²) in [6, 6.07) is -0.682. The van der Waals surface area contributed by atoms with E-state index in [0.717, 1.165) is 25.7 Å². The Bertz CT molecular complexity index is 335. The maximum atomic E-state index is 12.3. The first-order chi connectivity index (χ1) is 9.99. The number of carbonyl (C=O) groups is 2. The predicted octanol–water partition coefficient (Wildman–Crippen LogP) is 2.96. The summed E-state index contributed by atoms with van der Waals surface area (Å²) in [5, 5.41) is 21.6. The lowest BCUT2D eigenvalue weighted by atomic mass is 9.81. The van der Waals surface area contributed by atoms with Gasteiger partial charge in [0.1, 0.15) is 6.10 Å². The Balaban J connectivity index is 2.70. The normalized spacial score (nSPS) is 19.2. The topological polar surface area (TPSA) is 86.6 Å². The SMILES string of the molecule is CCC(CC)C(=O)[C@H](O)[C@H](CC1CCCCC1)NC(=O)O. The number of carboxylic acid groups (broad SMARTS) is 1. The predicted molar refractivity (Wildman–Crippen MR) is 81.2 cm³/mol. The minimum Gasteiger partial charge on any atom is -0.465 e. The summed E-state index contributed by atoms with van der Waals surface area (Å²) in [6.45, 7) is 3.83. The maximum absolute atomic E-state index is 12.3. The summed E-state index contributed by atoms with van der Waals surface area (Å²) in [4.78, 5) is 23.2. The van der Waals surface area contributed by atoms with E-state index in [4.69, 9.17) is 5.11 Å². The monoisotopic (exact) mass is 299 g/mol. The Morgan fingerprint density at radius 1 is 1.14 bits per heavy atom. The fourth-order valence-corrected chi connectivity index (χ4v) is 3.34. The number of amides is 1. The quantitative estimate of drug-likeness (QED) is 0.643. The highest BCUT2D eigenvalue weighted by molar-refractivity contribution is 5.86. The average Bonchev–Trinajstić information content (AvgIpc) is 2.47. The first-order valence-electron chi connectivity index (χ1n) is 8.20. The fraction of sp³-hybridized carbons (Fsp3) is 0.875. The van der Waals surface area contributed by atoms with Gasteiger partial charge >= 0.3 is 6.09 Å². The largest absolute Gasteiger partial charge is 0.465 e. The zero-order valence-electron chi connectivity index (χ0n) is 13.2. The van der Waals surface area contributed by atoms with Crippen LogP contribution in [0.4, 0.5) is 4.79 Å². The van der Waals surface area contributed by atoms with Crippen molar-refractivity contribution in [3.8, 4) is 0 Å². The number of ketones is 1. The molecular weight excluding hydrogens is 270 g/mol. The van der Waals surface area contributed by atoms with Crippen molar-refractivity contribution in [1.82, 2.24) is 5.32 Å². The number of aliphatic hydroxyl groups is 1. The van der Waals surface area contributed by atoms with Crippen LogP contribution in [-0.4, -0.2) is 34.2 Å². The molecule has 1 aliphatic rings. The second-order valence-electron chi connectivity index (χ2n) is 6.16. The number of hydrogen-bond donors (Lipinski definition) is 3. The molecule has 0 spiro atoms. The average molecular weight is 299 g/mol. The molecular formula is C16H29NO4. The first kappa shape index (κ1) is 18.0. The smallest absolute Gasteiger partial charge is 0.404 e. The summed E-state index contributed by atoms with van der Waals surface area (Å²) in [7, 11) is 0. The molecule has 21 heavy (non-hydrogen) atoms. The molecule has 0 aromatic rings. The van der Waals surface area contributed by atoms with Crippen LogP contribution >= 0.6 is 0 Å². The maximum Gasteiger partial charge on any atom is 0.404 e. The molecule has 0 bridgehead atoms. The van der Waals surface area contributed by atoms with E-state index in [1.54, 1.807) is 0 Å². The lowest BCUT2D eigenvalue weighted by Crippen LogP contribution is -2.49. The lowest BCUT2D eigenvalue weighted by Gasteiger charge is -2.30. The van der Waals surface area contributed by atoms with E-state index in [0.29, 0.717) is 25.2 Å². The van der Waals surface area contributed by atoms with Gasteiger partial charge in [-0.3, -0.25) is 4.79 Å². The van der Waals surface area contributed by atoms with E-state index in [-0.39, 0.29) is 11.7 Å². The highest BCUT2D eigenvalue weighted by Crippen LogP contribution is 2.28. The van der Waals surface area contributed by atoms with Crippen molar-refractivity contribution in [2.24, 2.45) is 11.8 Å². The number of Topliss-reactive ketones (excluding diaryl/α,β-unsaturated/α-hetero) is 1. The third-order valence-electron chi connectivity index (χ3n) is 4.68. The zero-order chi connectivity index (χ0) is 15.8. The van der Waals surface area contributed by atoms with Crippen LogP contribution in [0.25, 0.3) is 0 Å². The van der Waals surface area contributed by atoms with Gasteiger partial charge in [0.05, 0.1) is 6.04 Å². The van der Waals surface area contributed by atoms with Crippen molar-refractivity contribution in [2.75, 3.05) is 0 Å². The Morgan fingerprint density at radius 2 is 1.71 bits per heavy atom. The number of hydrogen-bond acceptors (Lipinski definition) is 3. The molecule has 3 N–H and O–H groups in total. The van der Waals surface area contributed by atoms with Crippen molar-refractivity contribution in [3.63, 3.8) is 0 Å². The van der Waals surface area contributed by atoms with Crippen molar-refractivity contribution >= 4 is 11.9 Å². The van der Waals surface area contributed by atoms with E-state index < -0.39 is 18.2 Å². The molecule has 0 radical (unpaired) electrons. The number of aliphatic hydroxyl groups excluding tert-OH is 1. The van der Waals surface area contributed by atoms with Crippen molar-refractivity contribution < 1.29 is 19.8 Å². The number of nitrogens with one attached hydrogen (secondary N) is 1. The van der Waals surface area contributed by atoms with E-state index in [2.05, 4.69) is 5.32 Å². The van der Waals surface area contributed by atoms with Crippen molar-refractivity contribution in [2.45, 2.75) is 77.4 Å². The van der Waals surface area contributed by atoms with Crippen LogP contribution < -0.4 is 5.32 Å². The number of rotatable bonds is 8. The number of carbonyl (C=O) groups excluding carboxylic acids is 1. The minimum absolute atomic E-state index is 0.190. The van der Waals surface area contributed by atoms with E-state index in [1.807, 2.05) is 13.8 Å². The second-order valence-corrected chi connectivity index (χ2v) is 6.16. The molecule has 0 heterocycles. The zero-order valence-corrected chi connectivity index (χ0v) is 13.2. The van der Waals surface area contributed by atoms with Gasteiger partial charge < -0.3 is 15.5 Å². The molecule has 0 aromatic carbocycles. The summed E-state index contributed by atoms with van der Waals surface area (Å²) in [5.41, 5.74) is 0. The molecule has 1 rings (SSSR count). The third kappa shape index (κ3) is 5.65. The standard InChI is InChI=1S/C16H29NO4/c1-3-12(4-2)14(18)15(19)13(17-16(20)21)10-11-8-6-5-7-9-11/h11-13,15,17,19H,3-10H2,1-2H3,(H,20,21)/t13-,15+/m0/s1. The van der Waals surface area contributed by atoms with Crippen LogP contribution in [0.3, 0.4) is 0 Å². The summed E-state index contributed by atoms with van der Waals surface area (Å²) < 4.78 is 0. The van der Waals surface area contributed by atoms with Crippen LogP contribution in [0.15, 0.2) is 0 Å². The Hall–Kier alpha value is -1.10. The highest BCUT2D eigenvalue weighted by Gasteiger charge is 2.33. The van der Waals surface area contributed by atoms with Gasteiger partial charge in [-0.25, -0.2) is 4.79 Å².